The van der Waals surface area contributed by atoms with E-state index in [1.54, 1.807) is 11.4 Å². The number of hydrogen-bond acceptors (Lipinski definition) is 5. The Morgan fingerprint density at radius 3 is 2.53 bits per heavy atom. The summed E-state index contributed by atoms with van der Waals surface area (Å²) in [7, 11) is 0. The predicted molar refractivity (Wildman–Crippen MR) is 66.9 cm³/mol. The zero-order valence-corrected chi connectivity index (χ0v) is 10.8. The molecule has 1 amide bonds. The number of carbonyl (C=O) groups excluding carboxylic acids is 2. The predicted octanol–water partition coefficient (Wildman–Crippen LogP) is 1.40. The van der Waals surface area contributed by atoms with E-state index in [1.165, 1.54) is 18.3 Å². The molecule has 0 saturated heterocycles. The normalized spacial score (nSPS) is 12.2. The van der Waals surface area contributed by atoms with E-state index in [0.29, 0.717) is 10.6 Å². The van der Waals surface area contributed by atoms with Crippen LogP contribution >= 0.6 is 11.3 Å². The average Bonchev–Trinajstić information content (AvgIpc) is 2.63. The van der Waals surface area contributed by atoms with Crippen molar-refractivity contribution in [2.75, 3.05) is 5.73 Å². The zero-order valence-electron chi connectivity index (χ0n) is 10.0. The van der Waals surface area contributed by atoms with Crippen LogP contribution in [0, 0.1) is 0 Å². The molecule has 0 bridgehead atoms. The summed E-state index contributed by atoms with van der Waals surface area (Å²) < 4.78 is 5.02. The van der Waals surface area contributed by atoms with Gasteiger partial charge in [-0.15, -0.1) is 11.3 Å². The number of thiophene rings is 1. The van der Waals surface area contributed by atoms with Crippen molar-refractivity contribution in [3.05, 3.63) is 16.3 Å². The number of carbonyl (C=O) groups is 2. The molecule has 1 unspecified atom stereocenters. The molecule has 17 heavy (non-hydrogen) atoms. The van der Waals surface area contributed by atoms with Crippen LogP contribution < -0.4 is 11.1 Å². The molecule has 0 aliphatic rings. The highest BCUT2D eigenvalue weighted by molar-refractivity contribution is 7.12. The summed E-state index contributed by atoms with van der Waals surface area (Å²) in [6, 6.07) is 1.63. The number of rotatable bonds is 4. The van der Waals surface area contributed by atoms with Crippen LogP contribution in [0.1, 0.15) is 30.4 Å². The Labute approximate surface area is 104 Å². The maximum atomic E-state index is 11.7. The summed E-state index contributed by atoms with van der Waals surface area (Å²) in [5.41, 5.74) is 5.95. The maximum Gasteiger partial charge on any atom is 0.351 e. The van der Waals surface area contributed by atoms with E-state index in [9.17, 15) is 9.59 Å². The molecule has 0 aromatic carbocycles. The number of nitrogen functional groups attached to an aromatic ring is 1. The number of ether oxygens (including phenoxy) is 1. The lowest BCUT2D eigenvalue weighted by Gasteiger charge is -2.15. The van der Waals surface area contributed by atoms with Crippen molar-refractivity contribution in [1.82, 2.24) is 5.32 Å². The molecule has 5 nitrogen and oxygen atoms in total. The highest BCUT2D eigenvalue weighted by atomic mass is 32.1. The van der Waals surface area contributed by atoms with Gasteiger partial charge in [0.1, 0.15) is 4.88 Å². The molecule has 0 fully saturated rings. The summed E-state index contributed by atoms with van der Waals surface area (Å²) in [5.74, 6) is -0.882. The van der Waals surface area contributed by atoms with Crippen LogP contribution in [0.25, 0.3) is 0 Å². The van der Waals surface area contributed by atoms with Crippen LogP contribution in [0.2, 0.25) is 0 Å². The molecule has 1 heterocycles. The van der Waals surface area contributed by atoms with E-state index in [-0.39, 0.29) is 11.9 Å². The largest absolute Gasteiger partial charge is 0.448 e. The number of nitrogens with two attached hydrogens (primary N) is 1. The van der Waals surface area contributed by atoms with Crippen molar-refractivity contribution in [1.29, 1.82) is 0 Å². The third-order valence-corrected chi connectivity index (χ3v) is 2.88. The quantitative estimate of drug-likeness (QED) is 0.798. The molecule has 1 rings (SSSR count). The van der Waals surface area contributed by atoms with Crippen molar-refractivity contribution in [2.24, 2.45) is 0 Å². The summed E-state index contributed by atoms with van der Waals surface area (Å²) in [5, 5.41) is 4.36. The topological polar surface area (TPSA) is 81.4 Å². The second-order valence-electron chi connectivity index (χ2n) is 3.92. The standard InChI is InChI=1S/C11H16N2O3S/c1-6(2)13-10(14)7(3)16-11(15)9-8(12)4-5-17-9/h4-7H,12H2,1-3H3,(H,13,14). The van der Waals surface area contributed by atoms with E-state index in [4.69, 9.17) is 10.5 Å². The van der Waals surface area contributed by atoms with Crippen molar-refractivity contribution >= 4 is 28.9 Å². The average molecular weight is 256 g/mol. The maximum absolute atomic E-state index is 11.7. The number of anilines is 1. The molecule has 1 atom stereocenters. The Morgan fingerprint density at radius 2 is 2.06 bits per heavy atom. The van der Waals surface area contributed by atoms with Crippen molar-refractivity contribution in [2.45, 2.75) is 32.9 Å². The van der Waals surface area contributed by atoms with Crippen molar-refractivity contribution < 1.29 is 14.3 Å². The van der Waals surface area contributed by atoms with Gasteiger partial charge < -0.3 is 15.8 Å². The molecule has 0 radical (unpaired) electrons. The van der Waals surface area contributed by atoms with E-state index in [0.717, 1.165) is 0 Å². The lowest BCUT2D eigenvalue weighted by molar-refractivity contribution is -0.129. The number of amides is 1. The Balaban J connectivity index is 2.57. The van der Waals surface area contributed by atoms with Crippen molar-refractivity contribution in [3.63, 3.8) is 0 Å². The molecular weight excluding hydrogens is 240 g/mol. The van der Waals surface area contributed by atoms with E-state index in [2.05, 4.69) is 5.32 Å². The summed E-state index contributed by atoms with van der Waals surface area (Å²) >= 11 is 1.19. The molecule has 1 aromatic heterocycles. The van der Waals surface area contributed by atoms with E-state index >= 15 is 0 Å². The van der Waals surface area contributed by atoms with Gasteiger partial charge in [0.25, 0.3) is 5.91 Å². The van der Waals surface area contributed by atoms with E-state index in [1.807, 2.05) is 13.8 Å². The number of hydrogen-bond donors (Lipinski definition) is 2. The van der Waals surface area contributed by atoms with Gasteiger partial charge in [-0.1, -0.05) is 0 Å². The Morgan fingerprint density at radius 1 is 1.41 bits per heavy atom. The number of nitrogens with one attached hydrogen (secondary N) is 1. The molecule has 0 saturated carbocycles. The van der Waals surface area contributed by atoms with Gasteiger partial charge in [0.2, 0.25) is 0 Å². The molecule has 6 heteroatoms. The van der Waals surface area contributed by atoms with Gasteiger partial charge in [-0.3, -0.25) is 4.79 Å². The summed E-state index contributed by atoms with van der Waals surface area (Å²) in [6.45, 7) is 5.20. The third kappa shape index (κ3) is 3.74. The fourth-order valence-electron chi connectivity index (χ4n) is 1.15. The van der Waals surface area contributed by atoms with Crippen LogP contribution in [0.4, 0.5) is 5.69 Å². The monoisotopic (exact) mass is 256 g/mol. The minimum absolute atomic E-state index is 0.00968. The molecule has 3 N–H and O–H groups in total. The SMILES string of the molecule is CC(C)NC(=O)C(C)OC(=O)c1sccc1N. The van der Waals surface area contributed by atoms with Gasteiger partial charge in [0.05, 0.1) is 5.69 Å². The molecule has 0 aliphatic heterocycles. The van der Waals surface area contributed by atoms with Gasteiger partial charge in [0.15, 0.2) is 6.10 Å². The summed E-state index contributed by atoms with van der Waals surface area (Å²) in [6.07, 6.45) is -0.827. The second kappa shape index (κ2) is 5.67. The minimum atomic E-state index is -0.827. The van der Waals surface area contributed by atoms with Gasteiger partial charge in [0, 0.05) is 6.04 Å². The molecule has 0 aliphatic carbocycles. The van der Waals surface area contributed by atoms with Crippen LogP contribution in [0.5, 0.6) is 0 Å². The third-order valence-electron chi connectivity index (χ3n) is 1.97. The lowest BCUT2D eigenvalue weighted by atomic mass is 10.3. The Kier molecular flexibility index (Phi) is 4.51. The van der Waals surface area contributed by atoms with Gasteiger partial charge in [-0.2, -0.15) is 0 Å². The van der Waals surface area contributed by atoms with Gasteiger partial charge in [-0.05, 0) is 32.2 Å². The first kappa shape index (κ1) is 13.5. The zero-order chi connectivity index (χ0) is 13.0. The first-order valence-electron chi connectivity index (χ1n) is 5.26. The molecule has 94 valence electrons. The van der Waals surface area contributed by atoms with E-state index < -0.39 is 12.1 Å². The smallest absolute Gasteiger partial charge is 0.351 e. The second-order valence-corrected chi connectivity index (χ2v) is 4.83. The molecular formula is C11H16N2O3S. The van der Waals surface area contributed by atoms with Gasteiger partial charge >= 0.3 is 5.97 Å². The van der Waals surface area contributed by atoms with Gasteiger partial charge in [-0.25, -0.2) is 4.79 Å². The van der Waals surface area contributed by atoms with Crippen LogP contribution in [0.3, 0.4) is 0 Å². The summed E-state index contributed by atoms with van der Waals surface area (Å²) in [4.78, 5) is 23.5. The fourth-order valence-corrected chi connectivity index (χ4v) is 1.85. The fraction of sp³-hybridized carbons (Fsp3) is 0.455. The molecule has 1 aromatic rings. The first-order valence-corrected chi connectivity index (χ1v) is 6.14. The van der Waals surface area contributed by atoms with Crippen LogP contribution in [-0.2, 0) is 9.53 Å². The number of esters is 1. The lowest BCUT2D eigenvalue weighted by Crippen LogP contribution is -2.39. The first-order chi connectivity index (χ1) is 7.91. The minimum Gasteiger partial charge on any atom is -0.448 e. The van der Waals surface area contributed by atoms with Crippen LogP contribution in [0.15, 0.2) is 11.4 Å². The highest BCUT2D eigenvalue weighted by Gasteiger charge is 2.21. The molecule has 0 spiro atoms. The Bertz CT molecular complexity index is 415. The highest BCUT2D eigenvalue weighted by Crippen LogP contribution is 2.20. The van der Waals surface area contributed by atoms with Crippen molar-refractivity contribution in [3.8, 4) is 0 Å². The Hall–Kier alpha value is -1.56. The van der Waals surface area contributed by atoms with Crippen LogP contribution in [-0.4, -0.2) is 24.0 Å².